The second-order valence-electron chi connectivity index (χ2n) is 5.18. The highest BCUT2D eigenvalue weighted by Crippen LogP contribution is 2.16. The fraction of sp³-hybridized carbons (Fsp3) is 0.267. The van der Waals surface area contributed by atoms with Gasteiger partial charge in [-0.05, 0) is 26.0 Å². The molecule has 0 saturated carbocycles. The average Bonchev–Trinajstić information content (AvgIpc) is 3.06. The second kappa shape index (κ2) is 5.99. The number of hydrogen-bond donors (Lipinski definition) is 1. The van der Waals surface area contributed by atoms with E-state index in [0.717, 1.165) is 17.0 Å². The topological polar surface area (TPSA) is 98.7 Å². The first-order valence-electron chi connectivity index (χ1n) is 7.09. The molecule has 0 atom stereocenters. The Labute approximate surface area is 132 Å². The monoisotopic (exact) mass is 312 g/mol. The molecule has 3 aromatic heterocycles. The normalized spacial score (nSPS) is 10.9. The van der Waals surface area contributed by atoms with Crippen LogP contribution < -0.4 is 0 Å². The lowest BCUT2D eigenvalue weighted by atomic mass is 10.2. The highest BCUT2D eigenvalue weighted by atomic mass is 16.4. The molecule has 0 bridgehead atoms. The van der Waals surface area contributed by atoms with E-state index in [9.17, 15) is 4.79 Å². The Morgan fingerprint density at radius 1 is 1.26 bits per heavy atom. The molecule has 8 heteroatoms. The zero-order valence-corrected chi connectivity index (χ0v) is 12.8. The van der Waals surface area contributed by atoms with Crippen molar-refractivity contribution in [3.8, 4) is 11.4 Å². The summed E-state index contributed by atoms with van der Waals surface area (Å²) >= 11 is 0. The summed E-state index contributed by atoms with van der Waals surface area (Å²) in [4.78, 5) is 23.8. The van der Waals surface area contributed by atoms with Gasteiger partial charge in [-0.15, -0.1) is 0 Å². The van der Waals surface area contributed by atoms with Gasteiger partial charge in [-0.2, -0.15) is 5.10 Å². The van der Waals surface area contributed by atoms with Crippen molar-refractivity contribution in [3.05, 3.63) is 48.1 Å². The van der Waals surface area contributed by atoms with Crippen LogP contribution in [0.1, 0.15) is 17.2 Å². The SMILES string of the molecule is Cc1ncn(Cc2nc(-c3ccncc3)nn2CC(=O)O)c1C. The molecule has 3 heterocycles. The minimum atomic E-state index is -0.962. The van der Waals surface area contributed by atoms with Crippen molar-refractivity contribution in [1.82, 2.24) is 29.3 Å². The van der Waals surface area contributed by atoms with Gasteiger partial charge in [0.25, 0.3) is 0 Å². The number of carboxylic acids is 1. The summed E-state index contributed by atoms with van der Waals surface area (Å²) in [6.45, 7) is 4.07. The number of imidazole rings is 1. The van der Waals surface area contributed by atoms with Gasteiger partial charge in [-0.25, -0.2) is 14.6 Å². The van der Waals surface area contributed by atoms with Gasteiger partial charge in [-0.3, -0.25) is 9.78 Å². The van der Waals surface area contributed by atoms with Crippen LogP contribution in [0.3, 0.4) is 0 Å². The van der Waals surface area contributed by atoms with Gasteiger partial charge >= 0.3 is 5.97 Å². The van der Waals surface area contributed by atoms with Crippen molar-refractivity contribution >= 4 is 5.97 Å². The zero-order chi connectivity index (χ0) is 16.4. The van der Waals surface area contributed by atoms with Gasteiger partial charge in [-0.1, -0.05) is 0 Å². The highest BCUT2D eigenvalue weighted by molar-refractivity contribution is 5.66. The number of hydrogen-bond acceptors (Lipinski definition) is 5. The molecule has 0 amide bonds. The smallest absolute Gasteiger partial charge is 0.325 e. The first-order valence-corrected chi connectivity index (χ1v) is 7.09. The summed E-state index contributed by atoms with van der Waals surface area (Å²) in [6, 6.07) is 3.58. The van der Waals surface area contributed by atoms with E-state index < -0.39 is 5.97 Å². The van der Waals surface area contributed by atoms with Crippen LogP contribution in [0.5, 0.6) is 0 Å². The number of carbonyl (C=O) groups is 1. The van der Waals surface area contributed by atoms with Crippen molar-refractivity contribution in [3.63, 3.8) is 0 Å². The molecule has 0 unspecified atom stereocenters. The van der Waals surface area contributed by atoms with Crippen molar-refractivity contribution in [2.45, 2.75) is 26.9 Å². The first-order chi connectivity index (χ1) is 11.0. The highest BCUT2D eigenvalue weighted by Gasteiger charge is 2.15. The number of pyridine rings is 1. The summed E-state index contributed by atoms with van der Waals surface area (Å²) in [5, 5.41) is 13.4. The largest absolute Gasteiger partial charge is 0.480 e. The van der Waals surface area contributed by atoms with Crippen LogP contribution in [0, 0.1) is 13.8 Å². The Bertz CT molecular complexity index is 837. The maximum atomic E-state index is 11.1. The minimum Gasteiger partial charge on any atom is -0.480 e. The molecule has 0 fully saturated rings. The maximum Gasteiger partial charge on any atom is 0.325 e. The van der Waals surface area contributed by atoms with Crippen LogP contribution in [-0.2, 0) is 17.9 Å². The van der Waals surface area contributed by atoms with Gasteiger partial charge in [0, 0.05) is 23.7 Å². The van der Waals surface area contributed by atoms with Crippen LogP contribution in [0.2, 0.25) is 0 Å². The molecule has 3 rings (SSSR count). The number of carboxylic acid groups (broad SMARTS) is 1. The van der Waals surface area contributed by atoms with Crippen LogP contribution in [0.25, 0.3) is 11.4 Å². The van der Waals surface area contributed by atoms with Crippen LogP contribution in [0.4, 0.5) is 0 Å². The van der Waals surface area contributed by atoms with Gasteiger partial charge < -0.3 is 9.67 Å². The number of nitrogens with zero attached hydrogens (tertiary/aromatic N) is 6. The number of aliphatic carboxylic acids is 1. The number of aromatic nitrogens is 6. The zero-order valence-electron chi connectivity index (χ0n) is 12.8. The van der Waals surface area contributed by atoms with Crippen molar-refractivity contribution in [2.24, 2.45) is 0 Å². The predicted octanol–water partition coefficient (Wildman–Crippen LogP) is 1.29. The molecule has 118 valence electrons. The predicted molar refractivity (Wildman–Crippen MR) is 81.7 cm³/mol. The van der Waals surface area contributed by atoms with E-state index in [-0.39, 0.29) is 6.54 Å². The molecular formula is C15H16N6O2. The van der Waals surface area contributed by atoms with Crippen LogP contribution in [0.15, 0.2) is 30.9 Å². The first kappa shape index (κ1) is 14.9. The molecule has 0 saturated heterocycles. The summed E-state index contributed by atoms with van der Waals surface area (Å²) in [5.41, 5.74) is 2.74. The molecule has 8 nitrogen and oxygen atoms in total. The molecule has 23 heavy (non-hydrogen) atoms. The van der Waals surface area contributed by atoms with Crippen molar-refractivity contribution < 1.29 is 9.90 Å². The third-order valence-corrected chi connectivity index (χ3v) is 3.63. The molecule has 0 aliphatic heterocycles. The second-order valence-corrected chi connectivity index (χ2v) is 5.18. The number of aryl methyl sites for hydroxylation is 1. The van der Waals surface area contributed by atoms with E-state index in [1.165, 1.54) is 4.68 Å². The van der Waals surface area contributed by atoms with Crippen LogP contribution in [-0.4, -0.2) is 40.4 Å². The molecule has 0 spiro atoms. The van der Waals surface area contributed by atoms with E-state index in [1.807, 2.05) is 18.4 Å². The Morgan fingerprint density at radius 2 is 2.00 bits per heavy atom. The van der Waals surface area contributed by atoms with Gasteiger partial charge in [0.1, 0.15) is 12.4 Å². The van der Waals surface area contributed by atoms with Gasteiger partial charge in [0.2, 0.25) is 0 Å². The molecule has 0 aliphatic rings. The minimum absolute atomic E-state index is 0.236. The van der Waals surface area contributed by atoms with E-state index >= 15 is 0 Å². The van der Waals surface area contributed by atoms with Gasteiger partial charge in [0.05, 0.1) is 18.6 Å². The van der Waals surface area contributed by atoms with Gasteiger partial charge in [0.15, 0.2) is 5.82 Å². The Morgan fingerprint density at radius 3 is 2.61 bits per heavy atom. The molecule has 0 aromatic carbocycles. The molecule has 3 aromatic rings. The summed E-state index contributed by atoms with van der Waals surface area (Å²) < 4.78 is 3.33. The van der Waals surface area contributed by atoms with Crippen molar-refractivity contribution in [2.75, 3.05) is 0 Å². The standard InChI is InChI=1S/C15H16N6O2/c1-10-11(2)20(9-17-10)7-13-18-15(12-3-5-16-6-4-12)19-21(13)8-14(22)23/h3-6,9H,7-8H2,1-2H3,(H,22,23). The molecular weight excluding hydrogens is 296 g/mol. The summed E-state index contributed by atoms with van der Waals surface area (Å²) in [6.07, 6.45) is 5.02. The fourth-order valence-electron chi connectivity index (χ4n) is 2.23. The third-order valence-electron chi connectivity index (χ3n) is 3.63. The molecule has 0 aliphatic carbocycles. The maximum absolute atomic E-state index is 11.1. The lowest BCUT2D eigenvalue weighted by Crippen LogP contribution is -2.15. The van der Waals surface area contributed by atoms with E-state index in [1.54, 1.807) is 30.9 Å². The Balaban J connectivity index is 1.98. The summed E-state index contributed by atoms with van der Waals surface area (Å²) in [5.74, 6) is 0.0915. The Hall–Kier alpha value is -3.03. The van der Waals surface area contributed by atoms with Crippen molar-refractivity contribution in [1.29, 1.82) is 0 Å². The lowest BCUT2D eigenvalue weighted by Gasteiger charge is -2.06. The van der Waals surface area contributed by atoms with E-state index in [4.69, 9.17) is 5.11 Å². The van der Waals surface area contributed by atoms with Crippen LogP contribution >= 0.6 is 0 Å². The lowest BCUT2D eigenvalue weighted by molar-refractivity contribution is -0.137. The molecule has 1 N–H and O–H groups in total. The quantitative estimate of drug-likeness (QED) is 0.762. The van der Waals surface area contributed by atoms with E-state index in [2.05, 4.69) is 20.1 Å². The molecule has 0 radical (unpaired) electrons. The summed E-state index contributed by atoms with van der Waals surface area (Å²) in [7, 11) is 0. The average molecular weight is 312 g/mol. The third kappa shape index (κ3) is 3.10. The number of rotatable bonds is 5. The Kier molecular flexibility index (Phi) is 3.88. The van der Waals surface area contributed by atoms with E-state index in [0.29, 0.717) is 18.2 Å². The fourth-order valence-corrected chi connectivity index (χ4v) is 2.23.